The first-order valence-corrected chi connectivity index (χ1v) is 16.2. The minimum atomic E-state index is 0.627. The van der Waals surface area contributed by atoms with Gasteiger partial charge in [0.15, 0.2) is 23.2 Å². The highest BCUT2D eigenvalue weighted by molar-refractivity contribution is 6.13. The van der Waals surface area contributed by atoms with Crippen LogP contribution in [-0.4, -0.2) is 19.5 Å². The van der Waals surface area contributed by atoms with E-state index in [1.54, 1.807) is 0 Å². The molecule has 0 radical (unpaired) electrons. The minimum absolute atomic E-state index is 0.627. The molecule has 0 aliphatic heterocycles. The first kappa shape index (κ1) is 28.3. The van der Waals surface area contributed by atoms with E-state index in [4.69, 9.17) is 21.5 Å². The molecule has 0 saturated heterocycles. The summed E-state index contributed by atoms with van der Waals surface area (Å²) >= 11 is 0. The Balaban J connectivity index is 1.24. The first-order valence-electron chi connectivity index (χ1n) is 16.2. The maximum Gasteiger partial charge on any atom is 0.188 e. The minimum Gasteiger partial charge on any atom is -0.309 e. The lowest BCUT2D eigenvalue weighted by Gasteiger charge is -2.13. The van der Waals surface area contributed by atoms with Crippen LogP contribution in [0.5, 0.6) is 0 Å². The first-order chi connectivity index (χ1) is 24.2. The standard InChI is InChI=1S/C44H27N5/c1-45-32-22-26-41-39(28-32)38-27-31(21-25-40(38)49(41)33-17-9-4-10-18-33)34-23-24-37(36-20-12-11-19-35(34)36)44-47-42(29-13-5-2-6-14-29)46-43(48-44)30-15-7-3-8-16-30/h2-28H. The van der Waals surface area contributed by atoms with Crippen molar-refractivity contribution in [2.24, 2.45) is 0 Å². The van der Waals surface area contributed by atoms with E-state index in [0.717, 1.165) is 66.1 Å². The molecule has 0 aliphatic carbocycles. The van der Waals surface area contributed by atoms with Gasteiger partial charge in [-0.1, -0.05) is 121 Å². The Morgan fingerprint density at radius 3 is 1.55 bits per heavy atom. The van der Waals surface area contributed by atoms with Gasteiger partial charge in [0, 0.05) is 27.8 Å². The van der Waals surface area contributed by atoms with Crippen LogP contribution in [-0.2, 0) is 0 Å². The summed E-state index contributed by atoms with van der Waals surface area (Å²) in [6.45, 7) is 7.68. The monoisotopic (exact) mass is 625 g/mol. The molecule has 0 aliphatic rings. The number of fused-ring (bicyclic) bond motifs is 4. The zero-order chi connectivity index (χ0) is 32.7. The summed E-state index contributed by atoms with van der Waals surface area (Å²) in [6, 6.07) is 55.9. The Morgan fingerprint density at radius 1 is 0.408 bits per heavy atom. The molecule has 2 aromatic heterocycles. The summed E-state index contributed by atoms with van der Waals surface area (Å²) in [4.78, 5) is 18.7. The highest BCUT2D eigenvalue weighted by Crippen LogP contribution is 2.40. The van der Waals surface area contributed by atoms with E-state index in [0.29, 0.717) is 23.2 Å². The van der Waals surface area contributed by atoms with Crippen LogP contribution >= 0.6 is 0 Å². The molecule has 228 valence electrons. The van der Waals surface area contributed by atoms with Crippen LogP contribution in [0.3, 0.4) is 0 Å². The van der Waals surface area contributed by atoms with Crippen molar-refractivity contribution in [3.8, 4) is 51.0 Å². The molecule has 0 atom stereocenters. The Kier molecular flexibility index (Phi) is 6.78. The van der Waals surface area contributed by atoms with Crippen LogP contribution in [0.2, 0.25) is 0 Å². The second kappa shape index (κ2) is 11.7. The fourth-order valence-electron chi connectivity index (χ4n) is 6.78. The van der Waals surface area contributed by atoms with E-state index in [-0.39, 0.29) is 0 Å². The predicted molar refractivity (Wildman–Crippen MR) is 200 cm³/mol. The van der Waals surface area contributed by atoms with E-state index in [2.05, 4.69) is 94.3 Å². The third-order valence-electron chi connectivity index (χ3n) is 9.07. The maximum absolute atomic E-state index is 7.68. The van der Waals surface area contributed by atoms with Crippen molar-refractivity contribution in [3.63, 3.8) is 0 Å². The molecule has 0 unspecified atom stereocenters. The molecular weight excluding hydrogens is 599 g/mol. The van der Waals surface area contributed by atoms with Crippen molar-refractivity contribution < 1.29 is 0 Å². The molecule has 0 amide bonds. The number of hydrogen-bond donors (Lipinski definition) is 0. The summed E-state index contributed by atoms with van der Waals surface area (Å²) in [5, 5.41) is 4.33. The van der Waals surface area contributed by atoms with Crippen LogP contribution < -0.4 is 0 Å². The van der Waals surface area contributed by atoms with E-state index < -0.39 is 0 Å². The van der Waals surface area contributed by atoms with Crippen molar-refractivity contribution in [1.29, 1.82) is 0 Å². The lowest BCUT2D eigenvalue weighted by molar-refractivity contribution is 1.08. The van der Waals surface area contributed by atoms with Crippen LogP contribution in [0, 0.1) is 6.57 Å². The zero-order valence-electron chi connectivity index (χ0n) is 26.3. The van der Waals surface area contributed by atoms with Gasteiger partial charge in [0.25, 0.3) is 0 Å². The van der Waals surface area contributed by atoms with Gasteiger partial charge in [-0.2, -0.15) is 0 Å². The van der Waals surface area contributed by atoms with E-state index in [1.807, 2.05) is 78.9 Å². The largest absolute Gasteiger partial charge is 0.309 e. The molecule has 2 heterocycles. The van der Waals surface area contributed by atoms with E-state index in [9.17, 15) is 0 Å². The second-order valence-electron chi connectivity index (χ2n) is 12.0. The van der Waals surface area contributed by atoms with Gasteiger partial charge in [-0.05, 0) is 69.8 Å². The molecule has 0 saturated carbocycles. The predicted octanol–water partition coefficient (Wildman–Crippen LogP) is 11.3. The number of hydrogen-bond acceptors (Lipinski definition) is 3. The van der Waals surface area contributed by atoms with Crippen molar-refractivity contribution in [2.45, 2.75) is 0 Å². The molecule has 0 N–H and O–H groups in total. The molecule has 7 aromatic carbocycles. The van der Waals surface area contributed by atoms with Crippen molar-refractivity contribution in [1.82, 2.24) is 19.5 Å². The summed E-state index contributed by atoms with van der Waals surface area (Å²) in [5.74, 6) is 1.90. The Hall–Kier alpha value is -6.90. The number of para-hydroxylation sites is 1. The smallest absolute Gasteiger partial charge is 0.188 e. The third kappa shape index (κ3) is 4.91. The molecule has 0 spiro atoms. The second-order valence-corrected chi connectivity index (χ2v) is 12.0. The van der Waals surface area contributed by atoms with Gasteiger partial charge in [-0.25, -0.2) is 19.8 Å². The highest BCUT2D eigenvalue weighted by atomic mass is 15.0. The summed E-state index contributed by atoms with van der Waals surface area (Å²) in [7, 11) is 0. The topological polar surface area (TPSA) is 48.0 Å². The molecule has 0 fully saturated rings. The van der Waals surface area contributed by atoms with Gasteiger partial charge in [-0.3, -0.25) is 0 Å². The Labute approximate surface area is 283 Å². The lowest BCUT2D eigenvalue weighted by Crippen LogP contribution is -2.00. The number of nitrogens with zero attached hydrogens (tertiary/aromatic N) is 5. The third-order valence-corrected chi connectivity index (χ3v) is 9.07. The average Bonchev–Trinajstić information content (AvgIpc) is 3.51. The van der Waals surface area contributed by atoms with Crippen molar-refractivity contribution in [2.75, 3.05) is 0 Å². The SMILES string of the molecule is [C-]#[N+]c1ccc2c(c1)c1cc(-c3ccc(-c4nc(-c5ccccc5)nc(-c5ccccc5)n4)c4ccccc34)ccc1n2-c1ccccc1. The van der Waals surface area contributed by atoms with Gasteiger partial charge in [0.1, 0.15) is 0 Å². The molecule has 49 heavy (non-hydrogen) atoms. The van der Waals surface area contributed by atoms with Gasteiger partial charge >= 0.3 is 0 Å². The quantitative estimate of drug-likeness (QED) is 0.179. The summed E-state index contributed by atoms with van der Waals surface area (Å²) < 4.78 is 2.28. The molecule has 9 aromatic rings. The van der Waals surface area contributed by atoms with E-state index in [1.165, 1.54) is 0 Å². The van der Waals surface area contributed by atoms with Crippen molar-refractivity contribution in [3.05, 3.63) is 175 Å². The highest BCUT2D eigenvalue weighted by Gasteiger charge is 2.18. The average molecular weight is 626 g/mol. The van der Waals surface area contributed by atoms with Crippen LogP contribution in [0.1, 0.15) is 0 Å². The summed E-state index contributed by atoms with van der Waals surface area (Å²) in [6.07, 6.45) is 0. The lowest BCUT2D eigenvalue weighted by atomic mass is 9.94. The Bertz CT molecular complexity index is 2650. The molecule has 0 bridgehead atoms. The van der Waals surface area contributed by atoms with Gasteiger partial charge in [0.2, 0.25) is 0 Å². The molecular formula is C44H27N5. The number of aromatic nitrogens is 4. The molecule has 5 nitrogen and oxygen atoms in total. The fraction of sp³-hybridized carbons (Fsp3) is 0. The van der Waals surface area contributed by atoms with E-state index >= 15 is 0 Å². The maximum atomic E-state index is 7.68. The molecule has 5 heteroatoms. The van der Waals surface area contributed by atoms with Gasteiger partial charge in [0.05, 0.1) is 17.6 Å². The van der Waals surface area contributed by atoms with Crippen LogP contribution in [0.4, 0.5) is 5.69 Å². The molecule has 9 rings (SSSR count). The van der Waals surface area contributed by atoms with Gasteiger partial charge < -0.3 is 4.57 Å². The Morgan fingerprint density at radius 2 is 0.918 bits per heavy atom. The van der Waals surface area contributed by atoms with Crippen LogP contribution in [0.15, 0.2) is 164 Å². The summed E-state index contributed by atoms with van der Waals surface area (Å²) in [5.41, 5.74) is 8.92. The van der Waals surface area contributed by atoms with Gasteiger partial charge in [-0.15, -0.1) is 0 Å². The van der Waals surface area contributed by atoms with Crippen molar-refractivity contribution >= 4 is 38.3 Å². The normalized spacial score (nSPS) is 11.2. The zero-order valence-corrected chi connectivity index (χ0v) is 26.3. The number of rotatable bonds is 5. The number of benzene rings is 7. The fourth-order valence-corrected chi connectivity index (χ4v) is 6.78. The van der Waals surface area contributed by atoms with Crippen LogP contribution in [0.25, 0.3) is 88.4 Å².